The van der Waals surface area contributed by atoms with E-state index < -0.39 is 12.0 Å². The molecule has 1 saturated heterocycles. The maximum Gasteiger partial charge on any atom is 0.326 e. The van der Waals surface area contributed by atoms with Crippen LogP contribution >= 0.6 is 0 Å². The van der Waals surface area contributed by atoms with Gasteiger partial charge in [-0.1, -0.05) is 25.1 Å². The Bertz CT molecular complexity index is 543. The van der Waals surface area contributed by atoms with Crippen LogP contribution in [0.4, 0.5) is 0 Å². The predicted octanol–water partition coefficient (Wildman–Crippen LogP) is 2.34. The molecule has 1 fully saturated rings. The molecule has 2 rings (SSSR count). The van der Waals surface area contributed by atoms with E-state index in [2.05, 4.69) is 0 Å². The number of aliphatic carboxylic acids is 1. The lowest BCUT2D eigenvalue weighted by Crippen LogP contribution is -2.41. The second kappa shape index (κ2) is 7.29. The van der Waals surface area contributed by atoms with E-state index in [9.17, 15) is 9.59 Å². The second-order valence-corrected chi connectivity index (χ2v) is 5.91. The Kier molecular flexibility index (Phi) is 5.41. The van der Waals surface area contributed by atoms with Gasteiger partial charge in [-0.25, -0.2) is 4.79 Å². The Hall–Kier alpha value is -2.04. The molecule has 1 N–H and O–H groups in total. The van der Waals surface area contributed by atoms with Gasteiger partial charge in [0.1, 0.15) is 11.8 Å². The average molecular weight is 305 g/mol. The van der Waals surface area contributed by atoms with E-state index in [4.69, 9.17) is 9.84 Å². The highest BCUT2D eigenvalue weighted by Gasteiger charge is 2.34. The summed E-state index contributed by atoms with van der Waals surface area (Å²) in [6, 6.07) is 7.12. The van der Waals surface area contributed by atoms with Gasteiger partial charge in [-0.3, -0.25) is 4.79 Å². The highest BCUT2D eigenvalue weighted by Crippen LogP contribution is 2.24. The van der Waals surface area contributed by atoms with Gasteiger partial charge in [-0.05, 0) is 36.8 Å². The fraction of sp³-hybridized carbons (Fsp3) is 0.529. The van der Waals surface area contributed by atoms with Crippen molar-refractivity contribution in [3.63, 3.8) is 0 Å². The minimum absolute atomic E-state index is 0.0627. The van der Waals surface area contributed by atoms with Crippen LogP contribution in [0.2, 0.25) is 0 Å². The number of carboxylic acid groups (broad SMARTS) is 1. The minimum Gasteiger partial charge on any atom is -0.496 e. The summed E-state index contributed by atoms with van der Waals surface area (Å²) in [5.41, 5.74) is 1.07. The van der Waals surface area contributed by atoms with Crippen molar-refractivity contribution in [2.45, 2.75) is 38.6 Å². The van der Waals surface area contributed by atoms with Crippen LogP contribution in [0.5, 0.6) is 5.75 Å². The topological polar surface area (TPSA) is 66.8 Å². The van der Waals surface area contributed by atoms with Gasteiger partial charge >= 0.3 is 5.97 Å². The van der Waals surface area contributed by atoms with E-state index >= 15 is 0 Å². The van der Waals surface area contributed by atoms with Gasteiger partial charge in [-0.2, -0.15) is 0 Å². The van der Waals surface area contributed by atoms with Crippen molar-refractivity contribution in [1.29, 1.82) is 0 Å². The molecule has 1 aromatic carbocycles. The van der Waals surface area contributed by atoms with Crippen molar-refractivity contribution in [2.75, 3.05) is 13.7 Å². The molecule has 1 unspecified atom stereocenters. The molecule has 1 aromatic rings. The molecule has 0 spiro atoms. The van der Waals surface area contributed by atoms with E-state index in [1.165, 1.54) is 4.90 Å². The third kappa shape index (κ3) is 3.78. The van der Waals surface area contributed by atoms with Crippen LogP contribution in [-0.4, -0.2) is 41.6 Å². The molecule has 1 amide bonds. The molecule has 0 bridgehead atoms. The van der Waals surface area contributed by atoms with Crippen molar-refractivity contribution >= 4 is 11.9 Å². The van der Waals surface area contributed by atoms with Crippen molar-refractivity contribution in [3.8, 4) is 5.75 Å². The molecule has 0 aliphatic carbocycles. The lowest BCUT2D eigenvalue weighted by atomic mass is 9.96. The van der Waals surface area contributed by atoms with Gasteiger partial charge in [0.2, 0.25) is 5.91 Å². The summed E-state index contributed by atoms with van der Waals surface area (Å²) in [6.07, 6.45) is 2.43. The van der Waals surface area contributed by atoms with Crippen LogP contribution in [0.1, 0.15) is 31.7 Å². The van der Waals surface area contributed by atoms with Crippen molar-refractivity contribution in [2.24, 2.45) is 5.92 Å². The Labute approximate surface area is 130 Å². The number of ether oxygens (including phenoxy) is 1. The molecule has 2 atom stereocenters. The number of hydrogen-bond donors (Lipinski definition) is 1. The van der Waals surface area contributed by atoms with Crippen LogP contribution in [0.25, 0.3) is 0 Å². The summed E-state index contributed by atoms with van der Waals surface area (Å²) in [4.78, 5) is 25.0. The lowest BCUT2D eigenvalue weighted by Gasteiger charge is -2.23. The Balaban J connectivity index is 1.95. The number of amides is 1. The van der Waals surface area contributed by atoms with Crippen LogP contribution in [0.3, 0.4) is 0 Å². The zero-order valence-electron chi connectivity index (χ0n) is 13.1. The first-order valence-corrected chi connectivity index (χ1v) is 7.67. The van der Waals surface area contributed by atoms with Gasteiger partial charge in [0.05, 0.1) is 7.11 Å². The largest absolute Gasteiger partial charge is 0.496 e. The summed E-state index contributed by atoms with van der Waals surface area (Å²) in [5, 5.41) is 9.16. The van der Waals surface area contributed by atoms with E-state index in [0.29, 0.717) is 19.4 Å². The number of rotatable bonds is 6. The van der Waals surface area contributed by atoms with Crippen molar-refractivity contribution in [1.82, 2.24) is 4.90 Å². The highest BCUT2D eigenvalue weighted by atomic mass is 16.5. The summed E-state index contributed by atoms with van der Waals surface area (Å²) in [7, 11) is 1.64. The molecule has 0 saturated carbocycles. The van der Waals surface area contributed by atoms with Gasteiger partial charge < -0.3 is 14.7 Å². The predicted molar refractivity (Wildman–Crippen MR) is 82.8 cm³/mol. The van der Waals surface area contributed by atoms with Gasteiger partial charge in [0.15, 0.2) is 0 Å². The fourth-order valence-corrected chi connectivity index (χ4v) is 3.06. The van der Waals surface area contributed by atoms with Crippen molar-refractivity contribution < 1.29 is 19.4 Å². The number of hydrogen-bond acceptors (Lipinski definition) is 3. The van der Waals surface area contributed by atoms with Crippen LogP contribution in [-0.2, 0) is 16.0 Å². The number of benzene rings is 1. The van der Waals surface area contributed by atoms with E-state index in [0.717, 1.165) is 24.2 Å². The van der Waals surface area contributed by atoms with Gasteiger partial charge in [-0.15, -0.1) is 0 Å². The molecule has 1 aliphatic rings. The maximum absolute atomic E-state index is 12.3. The molecular weight excluding hydrogens is 282 g/mol. The number of methoxy groups -OCH3 is 1. The first-order chi connectivity index (χ1) is 10.5. The van der Waals surface area contributed by atoms with Gasteiger partial charge in [0.25, 0.3) is 0 Å². The van der Waals surface area contributed by atoms with Crippen molar-refractivity contribution in [3.05, 3.63) is 29.8 Å². The summed E-state index contributed by atoms with van der Waals surface area (Å²) >= 11 is 0. The smallest absolute Gasteiger partial charge is 0.326 e. The first-order valence-electron chi connectivity index (χ1n) is 7.67. The molecule has 120 valence electrons. The number of likely N-dealkylation sites (tertiary alicyclic amines) is 1. The molecule has 0 radical (unpaired) electrons. The molecule has 1 aliphatic heterocycles. The molecule has 5 nitrogen and oxygen atoms in total. The maximum atomic E-state index is 12.3. The first kappa shape index (κ1) is 16.3. The average Bonchev–Trinajstić information content (AvgIpc) is 2.97. The normalized spacial score (nSPS) is 19.0. The number of carbonyl (C=O) groups excluding carboxylic acids is 1. The summed E-state index contributed by atoms with van der Waals surface area (Å²) < 4.78 is 5.33. The third-order valence-corrected chi connectivity index (χ3v) is 4.14. The Morgan fingerprint density at radius 1 is 1.41 bits per heavy atom. The monoisotopic (exact) mass is 305 g/mol. The second-order valence-electron chi connectivity index (χ2n) is 5.91. The molecular formula is C17H23NO4. The standard InChI is InChI=1S/C17H23NO4/c1-12(10-13-6-3-4-8-15(13)22-2)11-16(19)18-9-5-7-14(18)17(20)21/h3-4,6,8,12,14H,5,7,9-11H2,1-2H3,(H,20,21)/t12?,14-/m0/s1. The molecule has 1 heterocycles. The number of nitrogens with zero attached hydrogens (tertiary/aromatic N) is 1. The number of carboxylic acids is 1. The molecule has 0 aromatic heterocycles. The fourth-order valence-electron chi connectivity index (χ4n) is 3.06. The highest BCUT2D eigenvalue weighted by molar-refractivity contribution is 5.84. The minimum atomic E-state index is -0.900. The molecule has 5 heteroatoms. The van der Waals surface area contributed by atoms with E-state index in [1.807, 2.05) is 31.2 Å². The summed E-state index contributed by atoms with van der Waals surface area (Å²) in [5.74, 6) is 0.000702. The van der Waals surface area contributed by atoms with Crippen LogP contribution in [0.15, 0.2) is 24.3 Å². The SMILES string of the molecule is COc1ccccc1CC(C)CC(=O)N1CCC[C@H]1C(=O)O. The number of carbonyl (C=O) groups is 2. The Morgan fingerprint density at radius 2 is 2.14 bits per heavy atom. The van der Waals surface area contributed by atoms with Gasteiger partial charge in [0, 0.05) is 13.0 Å². The number of para-hydroxylation sites is 1. The van der Waals surface area contributed by atoms with E-state index in [-0.39, 0.29) is 11.8 Å². The molecule has 22 heavy (non-hydrogen) atoms. The third-order valence-electron chi connectivity index (χ3n) is 4.14. The van der Waals surface area contributed by atoms with Crippen LogP contribution in [0, 0.1) is 5.92 Å². The quantitative estimate of drug-likeness (QED) is 0.876. The summed E-state index contributed by atoms with van der Waals surface area (Å²) in [6.45, 7) is 2.56. The lowest BCUT2D eigenvalue weighted by molar-refractivity contribution is -0.148. The Morgan fingerprint density at radius 3 is 2.82 bits per heavy atom. The van der Waals surface area contributed by atoms with E-state index in [1.54, 1.807) is 7.11 Å². The van der Waals surface area contributed by atoms with Crippen LogP contribution < -0.4 is 4.74 Å². The zero-order valence-corrected chi connectivity index (χ0v) is 13.1. The zero-order chi connectivity index (χ0) is 16.1.